The lowest BCUT2D eigenvalue weighted by Gasteiger charge is -2.42. The molecule has 0 spiro atoms. The predicted molar refractivity (Wildman–Crippen MR) is 156 cm³/mol. The van der Waals surface area contributed by atoms with Crippen molar-refractivity contribution in [3.8, 4) is 0 Å². The number of benzene rings is 3. The first-order chi connectivity index (χ1) is 19.5. The van der Waals surface area contributed by atoms with Crippen LogP contribution in [0.2, 0.25) is 5.02 Å². The Morgan fingerprint density at radius 2 is 1.73 bits per heavy atom. The van der Waals surface area contributed by atoms with Crippen molar-refractivity contribution in [2.75, 3.05) is 18.4 Å². The fourth-order valence-electron chi connectivity index (χ4n) is 4.76. The van der Waals surface area contributed by atoms with Crippen LogP contribution in [0.25, 0.3) is 0 Å². The van der Waals surface area contributed by atoms with Crippen molar-refractivity contribution in [2.45, 2.75) is 37.7 Å². The molecular weight excluding hydrogens is 568 g/mol. The molecule has 1 saturated heterocycles. The van der Waals surface area contributed by atoms with E-state index in [2.05, 4.69) is 10.6 Å². The largest absolute Gasteiger partial charge is 0.481 e. The minimum Gasteiger partial charge on any atom is -0.481 e. The van der Waals surface area contributed by atoms with Gasteiger partial charge >= 0.3 is 12.0 Å². The molecule has 3 aromatic carbocycles. The first-order valence-corrected chi connectivity index (χ1v) is 15.0. The fraction of sp³-hybridized carbons (Fsp3) is 0.276. The van der Waals surface area contributed by atoms with E-state index >= 15 is 0 Å². The Bertz CT molecular complexity index is 1520. The van der Waals surface area contributed by atoms with E-state index in [1.807, 2.05) is 13.0 Å². The standard InChI is InChI=1S/C29H31ClN4O6S/c1-20-8-5-11-22(16-20)25(18-26(35)36)32-27(37)28-33(29(38)31-24-13-6-12-23(30)17-24)14-7-15-34(28)41(39,40)19-21-9-3-2-4-10-21/h2-6,8-13,16-17,25,28H,7,14-15,18-19H2,1H3,(H,31,38)(H,32,37)(H,35,36). The van der Waals surface area contributed by atoms with Gasteiger partial charge in [-0.15, -0.1) is 0 Å². The van der Waals surface area contributed by atoms with Crippen LogP contribution in [0.5, 0.6) is 0 Å². The zero-order valence-electron chi connectivity index (χ0n) is 22.4. The maximum Gasteiger partial charge on any atom is 0.323 e. The van der Waals surface area contributed by atoms with Crippen molar-refractivity contribution in [1.82, 2.24) is 14.5 Å². The lowest BCUT2D eigenvalue weighted by molar-refractivity contribution is -0.138. The van der Waals surface area contributed by atoms with Crippen LogP contribution in [-0.2, 0) is 25.4 Å². The van der Waals surface area contributed by atoms with Crippen LogP contribution in [0, 0.1) is 6.92 Å². The number of halogens is 1. The summed E-state index contributed by atoms with van der Waals surface area (Å²) in [6, 6.07) is 20.3. The van der Waals surface area contributed by atoms with Crippen molar-refractivity contribution >= 4 is 45.2 Å². The summed E-state index contributed by atoms with van der Waals surface area (Å²) >= 11 is 6.06. The number of aryl methyl sites for hydroxylation is 1. The highest BCUT2D eigenvalue weighted by Crippen LogP contribution is 2.26. The highest BCUT2D eigenvalue weighted by Gasteiger charge is 2.44. The van der Waals surface area contributed by atoms with Gasteiger partial charge in [0.2, 0.25) is 10.0 Å². The number of carboxylic acids is 1. The number of urea groups is 1. The molecule has 1 aliphatic rings. The van der Waals surface area contributed by atoms with Crippen molar-refractivity contribution in [3.63, 3.8) is 0 Å². The van der Waals surface area contributed by atoms with E-state index in [0.717, 1.165) is 14.8 Å². The minimum atomic E-state index is -4.09. The van der Waals surface area contributed by atoms with Gasteiger partial charge in [-0.1, -0.05) is 77.8 Å². The lowest BCUT2D eigenvalue weighted by atomic mass is 10.0. The number of sulfonamides is 1. The average molecular weight is 599 g/mol. The third-order valence-electron chi connectivity index (χ3n) is 6.61. The minimum absolute atomic E-state index is 0.00222. The zero-order chi connectivity index (χ0) is 29.6. The quantitative estimate of drug-likeness (QED) is 0.334. The molecule has 0 saturated carbocycles. The third-order valence-corrected chi connectivity index (χ3v) is 8.64. The van der Waals surface area contributed by atoms with Gasteiger partial charge in [-0.25, -0.2) is 13.2 Å². The Hall–Kier alpha value is -3.93. The molecule has 12 heteroatoms. The Labute approximate surface area is 244 Å². The number of carboxylic acid groups (broad SMARTS) is 1. The number of carbonyl (C=O) groups excluding carboxylic acids is 2. The van der Waals surface area contributed by atoms with Gasteiger partial charge in [0.05, 0.1) is 18.2 Å². The number of hydrogen-bond acceptors (Lipinski definition) is 5. The van der Waals surface area contributed by atoms with Crippen molar-refractivity contribution in [3.05, 3.63) is 101 Å². The molecule has 0 aromatic heterocycles. The van der Waals surface area contributed by atoms with E-state index in [0.29, 0.717) is 21.8 Å². The van der Waals surface area contributed by atoms with E-state index in [9.17, 15) is 27.9 Å². The molecule has 41 heavy (non-hydrogen) atoms. The molecule has 1 heterocycles. The predicted octanol–water partition coefficient (Wildman–Crippen LogP) is 4.38. The van der Waals surface area contributed by atoms with Crippen molar-refractivity contribution < 1.29 is 27.9 Å². The molecule has 216 valence electrons. The molecule has 0 bridgehead atoms. The Kier molecular flexibility index (Phi) is 9.64. The van der Waals surface area contributed by atoms with Crippen LogP contribution in [0.1, 0.15) is 35.6 Å². The van der Waals surface area contributed by atoms with Gasteiger partial charge in [0.1, 0.15) is 0 Å². The zero-order valence-corrected chi connectivity index (χ0v) is 23.9. The van der Waals surface area contributed by atoms with Gasteiger partial charge in [-0.05, 0) is 42.7 Å². The van der Waals surface area contributed by atoms with Gasteiger partial charge in [-0.3, -0.25) is 14.5 Å². The molecule has 0 radical (unpaired) electrons. The second kappa shape index (κ2) is 13.2. The Morgan fingerprint density at radius 3 is 2.41 bits per heavy atom. The second-order valence-corrected chi connectivity index (χ2v) is 12.1. The smallest absolute Gasteiger partial charge is 0.323 e. The topological polar surface area (TPSA) is 136 Å². The number of nitrogens with one attached hydrogen (secondary N) is 2. The van der Waals surface area contributed by atoms with Gasteiger partial charge in [0, 0.05) is 23.8 Å². The first-order valence-electron chi connectivity index (χ1n) is 13.0. The summed E-state index contributed by atoms with van der Waals surface area (Å²) in [7, 11) is -4.09. The molecule has 4 rings (SSSR count). The normalized spacial score (nSPS) is 16.5. The number of hydrogen-bond donors (Lipinski definition) is 3. The summed E-state index contributed by atoms with van der Waals surface area (Å²) in [4.78, 5) is 40.3. The summed E-state index contributed by atoms with van der Waals surface area (Å²) in [6.07, 6.45) is -1.71. The average Bonchev–Trinajstić information content (AvgIpc) is 2.92. The Morgan fingerprint density at radius 1 is 1.00 bits per heavy atom. The van der Waals surface area contributed by atoms with E-state index in [-0.39, 0.29) is 25.3 Å². The molecule has 3 amide bonds. The molecule has 0 aliphatic carbocycles. The van der Waals surface area contributed by atoms with E-state index in [1.54, 1.807) is 66.7 Å². The van der Waals surface area contributed by atoms with Gasteiger partial charge < -0.3 is 15.7 Å². The van der Waals surface area contributed by atoms with E-state index < -0.39 is 46.6 Å². The lowest BCUT2D eigenvalue weighted by Crippen LogP contribution is -2.64. The summed E-state index contributed by atoms with van der Waals surface area (Å²) in [5, 5.41) is 15.4. The number of carbonyl (C=O) groups is 3. The van der Waals surface area contributed by atoms with E-state index in [1.165, 1.54) is 6.07 Å². The molecule has 1 aliphatic heterocycles. The summed E-state index contributed by atoms with van der Waals surface area (Å²) < 4.78 is 28.4. The van der Waals surface area contributed by atoms with Crippen LogP contribution in [0.4, 0.5) is 10.5 Å². The number of nitrogens with zero attached hydrogens (tertiary/aromatic N) is 2. The Balaban J connectivity index is 1.69. The highest BCUT2D eigenvalue weighted by atomic mass is 35.5. The molecule has 2 atom stereocenters. The molecule has 3 aromatic rings. The van der Waals surface area contributed by atoms with E-state index in [4.69, 9.17) is 11.6 Å². The third kappa shape index (κ3) is 7.84. The number of amides is 3. The summed E-state index contributed by atoms with van der Waals surface area (Å²) in [5.41, 5.74) is 2.30. The van der Waals surface area contributed by atoms with Gasteiger partial charge in [0.25, 0.3) is 5.91 Å². The van der Waals surface area contributed by atoms with Crippen molar-refractivity contribution in [2.24, 2.45) is 0 Å². The van der Waals surface area contributed by atoms with Gasteiger partial charge in [-0.2, -0.15) is 4.31 Å². The van der Waals surface area contributed by atoms with Crippen LogP contribution in [0.15, 0.2) is 78.9 Å². The highest BCUT2D eigenvalue weighted by molar-refractivity contribution is 7.88. The summed E-state index contributed by atoms with van der Waals surface area (Å²) in [5.74, 6) is -2.34. The van der Waals surface area contributed by atoms with Crippen LogP contribution < -0.4 is 10.6 Å². The van der Waals surface area contributed by atoms with Crippen molar-refractivity contribution in [1.29, 1.82) is 0 Å². The van der Waals surface area contributed by atoms with Crippen LogP contribution in [0.3, 0.4) is 0 Å². The summed E-state index contributed by atoms with van der Waals surface area (Å²) in [6.45, 7) is 1.93. The number of anilines is 1. The molecular formula is C29H31ClN4O6S. The van der Waals surface area contributed by atoms with Crippen LogP contribution >= 0.6 is 11.6 Å². The molecule has 10 nitrogen and oxygen atoms in total. The van der Waals surface area contributed by atoms with Crippen LogP contribution in [-0.4, -0.2) is 59.9 Å². The molecule has 1 fully saturated rings. The molecule has 3 N–H and O–H groups in total. The molecule has 2 unspecified atom stereocenters. The SMILES string of the molecule is Cc1cccc(C(CC(=O)O)NC(=O)C2N(C(=O)Nc3cccc(Cl)c3)CCCN2S(=O)(=O)Cc2ccccc2)c1. The first kappa shape index (κ1) is 30.0. The fourth-order valence-corrected chi connectivity index (χ4v) is 6.65. The maximum atomic E-state index is 13.9. The monoisotopic (exact) mass is 598 g/mol. The second-order valence-electron chi connectivity index (χ2n) is 9.79. The van der Waals surface area contributed by atoms with Gasteiger partial charge in [0.15, 0.2) is 6.17 Å². The number of rotatable bonds is 9. The maximum absolute atomic E-state index is 13.9. The number of aliphatic carboxylic acids is 1.